The lowest BCUT2D eigenvalue weighted by Crippen LogP contribution is -2.32. The molecule has 0 saturated heterocycles. The number of rotatable bonds is 5. The van der Waals surface area contributed by atoms with Gasteiger partial charge in [0.15, 0.2) is 0 Å². The molecule has 0 bridgehead atoms. The summed E-state index contributed by atoms with van der Waals surface area (Å²) in [6.07, 6.45) is 1.83. The molecule has 28 heavy (non-hydrogen) atoms. The molecule has 0 fully saturated rings. The van der Waals surface area contributed by atoms with E-state index in [1.807, 2.05) is 25.0 Å². The highest BCUT2D eigenvalue weighted by Gasteiger charge is 2.22. The molecule has 3 rings (SSSR count). The second-order valence-electron chi connectivity index (χ2n) is 6.12. The number of aryl methyl sites for hydroxylation is 1. The number of halogens is 1. The van der Waals surface area contributed by atoms with Crippen LogP contribution in [0.4, 0.5) is 10.3 Å². The Kier molecular flexibility index (Phi) is 5.66. The highest BCUT2D eigenvalue weighted by molar-refractivity contribution is 7.98. The zero-order valence-electron chi connectivity index (χ0n) is 16.2. The molecule has 0 spiro atoms. The molecule has 0 unspecified atom stereocenters. The average molecular weight is 397 g/mol. The number of hydrogen-bond acceptors (Lipinski definition) is 6. The highest BCUT2D eigenvalue weighted by Crippen LogP contribution is 2.28. The van der Waals surface area contributed by atoms with Gasteiger partial charge in [0.1, 0.15) is 28.0 Å². The molecule has 0 saturated carbocycles. The zero-order valence-corrected chi connectivity index (χ0v) is 17.0. The average Bonchev–Trinajstić information content (AvgIpc) is 2.69. The normalized spacial score (nSPS) is 10.9. The third kappa shape index (κ3) is 3.22. The largest absolute Gasteiger partial charge is 0.342 e. The Morgan fingerprint density at radius 3 is 2.39 bits per heavy atom. The third-order valence-electron chi connectivity index (χ3n) is 4.58. The van der Waals surface area contributed by atoms with Crippen molar-refractivity contribution in [3.05, 3.63) is 51.7 Å². The van der Waals surface area contributed by atoms with E-state index < -0.39 is 0 Å². The minimum Gasteiger partial charge on any atom is -0.342 e. The van der Waals surface area contributed by atoms with Gasteiger partial charge in [-0.1, -0.05) is 0 Å². The number of aromatic nitrogens is 3. The molecule has 3 aromatic rings. The van der Waals surface area contributed by atoms with Crippen LogP contribution in [-0.2, 0) is 0 Å². The highest BCUT2D eigenvalue weighted by atomic mass is 32.2. The van der Waals surface area contributed by atoms with Crippen molar-refractivity contribution in [1.82, 2.24) is 14.5 Å². The molecule has 0 amide bonds. The maximum atomic E-state index is 13.5. The summed E-state index contributed by atoms with van der Waals surface area (Å²) < 4.78 is 14.9. The van der Waals surface area contributed by atoms with Crippen molar-refractivity contribution in [2.45, 2.75) is 25.8 Å². The lowest BCUT2D eigenvalue weighted by molar-refractivity contribution is 0.627. The predicted octanol–water partition coefficient (Wildman–Crippen LogP) is 3.67. The second kappa shape index (κ2) is 7.98. The lowest BCUT2D eigenvalue weighted by atomic mass is 10.1. The molecule has 0 atom stereocenters. The van der Waals surface area contributed by atoms with Crippen molar-refractivity contribution in [3.8, 4) is 11.8 Å². The number of nitriles is 1. The van der Waals surface area contributed by atoms with E-state index in [9.17, 15) is 14.4 Å². The summed E-state index contributed by atoms with van der Waals surface area (Å²) in [4.78, 5) is 24.6. The van der Waals surface area contributed by atoms with Gasteiger partial charge in [-0.05, 0) is 51.3 Å². The lowest BCUT2D eigenvalue weighted by Gasteiger charge is -2.24. The third-order valence-corrected chi connectivity index (χ3v) is 5.27. The van der Waals surface area contributed by atoms with Crippen LogP contribution in [0.1, 0.15) is 25.1 Å². The van der Waals surface area contributed by atoms with Crippen molar-refractivity contribution in [1.29, 1.82) is 5.26 Å². The molecular formula is C20H20FN5OS. The van der Waals surface area contributed by atoms with Crippen LogP contribution >= 0.6 is 11.8 Å². The van der Waals surface area contributed by atoms with E-state index in [-0.39, 0.29) is 11.4 Å². The van der Waals surface area contributed by atoms with Gasteiger partial charge in [0.05, 0.1) is 16.8 Å². The molecule has 144 valence electrons. The first-order valence-corrected chi connectivity index (χ1v) is 10.1. The van der Waals surface area contributed by atoms with Gasteiger partial charge in [0, 0.05) is 13.1 Å². The maximum absolute atomic E-state index is 13.5. The SMILES string of the molecule is CCN(CC)c1nc2c(C#N)c(SC)nc(C)c2c(=O)n1-c1ccc(F)cc1. The summed E-state index contributed by atoms with van der Waals surface area (Å²) in [6.45, 7) is 6.91. The quantitative estimate of drug-likeness (QED) is 0.612. The van der Waals surface area contributed by atoms with Crippen LogP contribution in [0.2, 0.25) is 0 Å². The number of benzene rings is 1. The van der Waals surface area contributed by atoms with Gasteiger partial charge in [-0.2, -0.15) is 5.26 Å². The van der Waals surface area contributed by atoms with Crippen molar-refractivity contribution in [3.63, 3.8) is 0 Å². The number of hydrogen-bond donors (Lipinski definition) is 0. The number of nitrogens with zero attached hydrogens (tertiary/aromatic N) is 5. The summed E-state index contributed by atoms with van der Waals surface area (Å²) in [7, 11) is 0. The van der Waals surface area contributed by atoms with E-state index in [2.05, 4.69) is 11.1 Å². The van der Waals surface area contributed by atoms with Crippen LogP contribution in [0.15, 0.2) is 34.1 Å². The van der Waals surface area contributed by atoms with Gasteiger partial charge >= 0.3 is 0 Å². The monoisotopic (exact) mass is 397 g/mol. The standard InChI is InChI=1S/C20H20FN5OS/c1-5-25(6-2)20-24-17-15(11-22)18(28-4)23-12(3)16(17)19(27)26(20)14-9-7-13(21)8-10-14/h7-10H,5-6H2,1-4H3. The minimum atomic E-state index is -0.385. The zero-order chi connectivity index (χ0) is 20.4. The molecule has 6 nitrogen and oxygen atoms in total. The van der Waals surface area contributed by atoms with Crippen molar-refractivity contribution in [2.24, 2.45) is 0 Å². The molecule has 2 heterocycles. The topological polar surface area (TPSA) is 74.8 Å². The van der Waals surface area contributed by atoms with Crippen molar-refractivity contribution in [2.75, 3.05) is 24.2 Å². The van der Waals surface area contributed by atoms with Crippen molar-refractivity contribution >= 4 is 28.6 Å². The summed E-state index contributed by atoms with van der Waals surface area (Å²) in [5.41, 5.74) is 1.34. The summed E-state index contributed by atoms with van der Waals surface area (Å²) in [6, 6.07) is 7.85. The van der Waals surface area contributed by atoms with Gasteiger partial charge in [-0.25, -0.2) is 18.9 Å². The van der Waals surface area contributed by atoms with E-state index in [0.717, 1.165) is 0 Å². The fourth-order valence-corrected chi connectivity index (χ4v) is 3.75. The van der Waals surface area contributed by atoms with E-state index in [0.29, 0.717) is 51.9 Å². The number of thioether (sulfide) groups is 1. The Balaban J connectivity index is 2.52. The fourth-order valence-electron chi connectivity index (χ4n) is 3.17. The summed E-state index contributed by atoms with van der Waals surface area (Å²) in [5, 5.41) is 10.5. The molecule has 8 heteroatoms. The first-order valence-electron chi connectivity index (χ1n) is 8.89. The maximum Gasteiger partial charge on any atom is 0.269 e. The number of anilines is 1. The smallest absolute Gasteiger partial charge is 0.269 e. The predicted molar refractivity (Wildman–Crippen MR) is 110 cm³/mol. The van der Waals surface area contributed by atoms with Gasteiger partial charge in [0.2, 0.25) is 5.95 Å². The van der Waals surface area contributed by atoms with Gasteiger partial charge in [-0.3, -0.25) is 4.79 Å². The Morgan fingerprint density at radius 1 is 1.21 bits per heavy atom. The first kappa shape index (κ1) is 19.8. The number of fused-ring (bicyclic) bond motifs is 1. The first-order chi connectivity index (χ1) is 13.5. The molecule has 0 N–H and O–H groups in total. The van der Waals surface area contributed by atoms with E-state index in [4.69, 9.17) is 4.98 Å². The fraction of sp³-hybridized carbons (Fsp3) is 0.300. The van der Waals surface area contributed by atoms with E-state index in [1.165, 1.54) is 28.5 Å². The molecular weight excluding hydrogens is 377 g/mol. The van der Waals surface area contributed by atoms with Gasteiger partial charge < -0.3 is 4.90 Å². The Morgan fingerprint density at radius 2 is 1.86 bits per heavy atom. The molecule has 0 aliphatic carbocycles. The second-order valence-corrected chi connectivity index (χ2v) is 6.91. The van der Waals surface area contributed by atoms with Crippen LogP contribution in [0, 0.1) is 24.1 Å². The summed E-state index contributed by atoms with van der Waals surface area (Å²) >= 11 is 1.35. The minimum absolute atomic E-state index is 0.296. The Bertz CT molecular complexity index is 1130. The van der Waals surface area contributed by atoms with Crippen molar-refractivity contribution < 1.29 is 4.39 Å². The molecule has 2 aromatic heterocycles. The van der Waals surface area contributed by atoms with Gasteiger partial charge in [-0.15, -0.1) is 11.8 Å². The molecule has 0 aliphatic rings. The van der Waals surface area contributed by atoms with Gasteiger partial charge in [0.25, 0.3) is 5.56 Å². The Labute approximate surface area is 166 Å². The van der Waals surface area contributed by atoms with Crippen LogP contribution in [-0.4, -0.2) is 33.9 Å². The summed E-state index contributed by atoms with van der Waals surface area (Å²) in [5.74, 6) is 0.0347. The van der Waals surface area contributed by atoms with Crippen LogP contribution < -0.4 is 10.5 Å². The van der Waals surface area contributed by atoms with Crippen LogP contribution in [0.5, 0.6) is 0 Å². The van der Waals surface area contributed by atoms with E-state index >= 15 is 0 Å². The molecule has 0 aliphatic heterocycles. The van der Waals surface area contributed by atoms with Crippen LogP contribution in [0.3, 0.4) is 0 Å². The number of pyridine rings is 1. The van der Waals surface area contributed by atoms with E-state index in [1.54, 1.807) is 19.1 Å². The van der Waals surface area contributed by atoms with Crippen LogP contribution in [0.25, 0.3) is 16.6 Å². The molecule has 0 radical (unpaired) electrons. The Hall–Kier alpha value is -2.92. The molecule has 1 aromatic carbocycles.